The number of rotatable bonds is 5. The van der Waals surface area contributed by atoms with Crippen molar-refractivity contribution in [3.63, 3.8) is 0 Å². The van der Waals surface area contributed by atoms with Crippen molar-refractivity contribution in [1.82, 2.24) is 0 Å². The number of hydrogen-bond donors (Lipinski definition) is 0. The van der Waals surface area contributed by atoms with Crippen LogP contribution >= 0.6 is 0 Å². The van der Waals surface area contributed by atoms with Crippen LogP contribution in [-0.2, 0) is 0 Å². The molecule has 78 valence electrons. The second-order valence-electron chi connectivity index (χ2n) is 3.24. The molecule has 0 saturated heterocycles. The first-order valence-electron chi connectivity index (χ1n) is 4.91. The van der Waals surface area contributed by atoms with Gasteiger partial charge in [-0.1, -0.05) is 0 Å². The molecule has 0 aromatic heterocycles. The third kappa shape index (κ3) is 3.86. The summed E-state index contributed by atoms with van der Waals surface area (Å²) in [5.74, 6) is 3.39. The molecule has 0 N–H and O–H groups in total. The molecule has 0 amide bonds. The number of carbonyl (C=O) groups excluding carboxylic acids is 1. The second kappa shape index (κ2) is 5.87. The summed E-state index contributed by atoms with van der Waals surface area (Å²) in [7, 11) is 0. The number of hydrogen-bond acceptors (Lipinski definition) is 2. The van der Waals surface area contributed by atoms with Crippen LogP contribution in [0.25, 0.3) is 0 Å². The molecule has 1 aromatic rings. The van der Waals surface area contributed by atoms with Gasteiger partial charge in [-0.15, -0.1) is 12.3 Å². The largest absolute Gasteiger partial charge is 0.494 e. The van der Waals surface area contributed by atoms with Crippen LogP contribution in [0.2, 0.25) is 0 Å². The summed E-state index contributed by atoms with van der Waals surface area (Å²) in [6.07, 6.45) is 6.70. The van der Waals surface area contributed by atoms with Crippen molar-refractivity contribution in [2.45, 2.75) is 19.8 Å². The van der Waals surface area contributed by atoms with E-state index in [4.69, 9.17) is 11.2 Å². The molecule has 2 heteroatoms. The number of ketones is 1. The molecule has 1 rings (SSSR count). The quantitative estimate of drug-likeness (QED) is 0.417. The summed E-state index contributed by atoms with van der Waals surface area (Å²) >= 11 is 0. The molecular weight excluding hydrogens is 188 g/mol. The van der Waals surface area contributed by atoms with Crippen LogP contribution < -0.4 is 4.74 Å². The average molecular weight is 202 g/mol. The molecule has 15 heavy (non-hydrogen) atoms. The number of terminal acetylenes is 1. The Bertz CT molecular complexity index is 357. The lowest BCUT2D eigenvalue weighted by Gasteiger charge is -2.04. The predicted octanol–water partition coefficient (Wildman–Crippen LogP) is 2.68. The summed E-state index contributed by atoms with van der Waals surface area (Å²) < 4.78 is 5.44. The Kier molecular flexibility index (Phi) is 4.43. The summed E-state index contributed by atoms with van der Waals surface area (Å²) in [6.45, 7) is 2.16. The van der Waals surface area contributed by atoms with E-state index in [1.165, 1.54) is 0 Å². The zero-order valence-electron chi connectivity index (χ0n) is 8.82. The van der Waals surface area contributed by atoms with Crippen LogP contribution in [0.1, 0.15) is 30.1 Å². The molecular formula is C13H14O2. The topological polar surface area (TPSA) is 26.3 Å². The number of Topliss-reactive ketones (excluding diaryl/α,β-unsaturated/α-hetero) is 1. The standard InChI is InChI=1S/C13H14O2/c1-3-4-5-10-15-13-8-6-12(7-9-13)11(2)14/h1,6-9H,4-5,10H2,2H3. The summed E-state index contributed by atoms with van der Waals surface area (Å²) in [4.78, 5) is 11.0. The molecule has 0 unspecified atom stereocenters. The van der Waals surface area contributed by atoms with Crippen molar-refractivity contribution in [3.8, 4) is 18.1 Å². The van der Waals surface area contributed by atoms with Gasteiger partial charge in [-0.05, 0) is 37.6 Å². The molecule has 0 aliphatic heterocycles. The van der Waals surface area contributed by atoms with E-state index < -0.39 is 0 Å². The van der Waals surface area contributed by atoms with Crippen LogP contribution in [0.4, 0.5) is 0 Å². The van der Waals surface area contributed by atoms with Gasteiger partial charge in [0.15, 0.2) is 5.78 Å². The van der Waals surface area contributed by atoms with Gasteiger partial charge in [0.2, 0.25) is 0 Å². The molecule has 2 nitrogen and oxygen atoms in total. The number of benzene rings is 1. The van der Waals surface area contributed by atoms with Gasteiger partial charge in [-0.25, -0.2) is 0 Å². The fourth-order valence-electron chi connectivity index (χ4n) is 1.15. The van der Waals surface area contributed by atoms with Gasteiger partial charge in [0.05, 0.1) is 6.61 Å². The molecule has 0 saturated carbocycles. The average Bonchev–Trinajstić information content (AvgIpc) is 2.25. The van der Waals surface area contributed by atoms with Gasteiger partial charge in [-0.3, -0.25) is 4.79 Å². The maximum absolute atomic E-state index is 11.0. The zero-order valence-corrected chi connectivity index (χ0v) is 8.82. The van der Waals surface area contributed by atoms with Crippen LogP contribution in [0.3, 0.4) is 0 Å². The van der Waals surface area contributed by atoms with Gasteiger partial charge in [0, 0.05) is 12.0 Å². The first-order valence-corrected chi connectivity index (χ1v) is 4.91. The molecule has 0 radical (unpaired) electrons. The van der Waals surface area contributed by atoms with E-state index in [1.807, 2.05) is 0 Å². The van der Waals surface area contributed by atoms with Gasteiger partial charge in [0.25, 0.3) is 0 Å². The predicted molar refractivity (Wildman–Crippen MR) is 60.0 cm³/mol. The maximum Gasteiger partial charge on any atom is 0.159 e. The SMILES string of the molecule is C#CCCCOc1ccc(C(C)=O)cc1. The molecule has 0 fully saturated rings. The number of unbranched alkanes of at least 4 members (excludes halogenated alkanes) is 1. The van der Waals surface area contributed by atoms with E-state index in [2.05, 4.69) is 5.92 Å². The highest BCUT2D eigenvalue weighted by Gasteiger charge is 1.98. The minimum absolute atomic E-state index is 0.0638. The van der Waals surface area contributed by atoms with E-state index in [0.717, 1.165) is 18.6 Å². The van der Waals surface area contributed by atoms with Crippen LogP contribution in [0, 0.1) is 12.3 Å². The Labute approximate surface area is 90.3 Å². The van der Waals surface area contributed by atoms with Crippen molar-refractivity contribution in [2.24, 2.45) is 0 Å². The van der Waals surface area contributed by atoms with E-state index in [-0.39, 0.29) is 5.78 Å². The molecule has 0 aliphatic rings. The Morgan fingerprint density at radius 3 is 2.60 bits per heavy atom. The van der Waals surface area contributed by atoms with Gasteiger partial charge >= 0.3 is 0 Å². The minimum Gasteiger partial charge on any atom is -0.494 e. The Hall–Kier alpha value is -1.75. The lowest BCUT2D eigenvalue weighted by molar-refractivity contribution is 0.101. The number of ether oxygens (including phenoxy) is 1. The summed E-state index contributed by atoms with van der Waals surface area (Å²) in [6, 6.07) is 7.12. The van der Waals surface area contributed by atoms with Crippen LogP contribution in [0.5, 0.6) is 5.75 Å². The third-order valence-corrected chi connectivity index (χ3v) is 2.00. The minimum atomic E-state index is 0.0638. The van der Waals surface area contributed by atoms with Gasteiger partial charge in [-0.2, -0.15) is 0 Å². The highest BCUT2D eigenvalue weighted by Crippen LogP contribution is 2.12. The second-order valence-corrected chi connectivity index (χ2v) is 3.24. The molecule has 0 atom stereocenters. The Balaban J connectivity index is 2.43. The van der Waals surface area contributed by atoms with Crippen LogP contribution in [-0.4, -0.2) is 12.4 Å². The van der Waals surface area contributed by atoms with Crippen LogP contribution in [0.15, 0.2) is 24.3 Å². The smallest absolute Gasteiger partial charge is 0.159 e. The van der Waals surface area contributed by atoms with E-state index >= 15 is 0 Å². The highest BCUT2D eigenvalue weighted by atomic mass is 16.5. The van der Waals surface area contributed by atoms with Gasteiger partial charge in [0.1, 0.15) is 5.75 Å². The fourth-order valence-corrected chi connectivity index (χ4v) is 1.15. The summed E-state index contributed by atoms with van der Waals surface area (Å²) in [5, 5.41) is 0. The van der Waals surface area contributed by atoms with Crippen molar-refractivity contribution >= 4 is 5.78 Å². The lowest BCUT2D eigenvalue weighted by atomic mass is 10.1. The van der Waals surface area contributed by atoms with E-state index in [0.29, 0.717) is 12.2 Å². The first kappa shape index (κ1) is 11.3. The fraction of sp³-hybridized carbons (Fsp3) is 0.308. The zero-order chi connectivity index (χ0) is 11.1. The molecule has 0 spiro atoms. The summed E-state index contributed by atoms with van der Waals surface area (Å²) in [5.41, 5.74) is 0.700. The number of carbonyl (C=O) groups is 1. The molecule has 0 heterocycles. The lowest BCUT2D eigenvalue weighted by Crippen LogP contribution is -1.97. The third-order valence-electron chi connectivity index (χ3n) is 2.00. The van der Waals surface area contributed by atoms with E-state index in [1.54, 1.807) is 31.2 Å². The first-order chi connectivity index (χ1) is 7.24. The van der Waals surface area contributed by atoms with Crippen molar-refractivity contribution in [1.29, 1.82) is 0 Å². The highest BCUT2D eigenvalue weighted by molar-refractivity contribution is 5.94. The Morgan fingerprint density at radius 1 is 1.40 bits per heavy atom. The molecule has 1 aromatic carbocycles. The van der Waals surface area contributed by atoms with Crippen molar-refractivity contribution < 1.29 is 9.53 Å². The van der Waals surface area contributed by atoms with Crippen molar-refractivity contribution in [2.75, 3.05) is 6.61 Å². The maximum atomic E-state index is 11.0. The molecule has 0 bridgehead atoms. The monoisotopic (exact) mass is 202 g/mol. The van der Waals surface area contributed by atoms with Gasteiger partial charge < -0.3 is 4.74 Å². The van der Waals surface area contributed by atoms with Crippen molar-refractivity contribution in [3.05, 3.63) is 29.8 Å². The van der Waals surface area contributed by atoms with E-state index in [9.17, 15) is 4.79 Å². The Morgan fingerprint density at radius 2 is 2.07 bits per heavy atom. The molecule has 0 aliphatic carbocycles. The normalized spacial score (nSPS) is 9.33.